The Morgan fingerprint density at radius 3 is 3.33 bits per heavy atom. The van der Waals surface area contributed by atoms with E-state index >= 15 is 0 Å². The van der Waals surface area contributed by atoms with Crippen molar-refractivity contribution in [2.75, 3.05) is 18.5 Å². The van der Waals surface area contributed by atoms with E-state index in [1.807, 2.05) is 22.3 Å². The number of nitrogens with one attached hydrogen (secondary N) is 1. The van der Waals surface area contributed by atoms with Gasteiger partial charge in [-0.15, -0.1) is 16.4 Å². The van der Waals surface area contributed by atoms with Crippen molar-refractivity contribution in [3.8, 4) is 0 Å². The number of hydrogen-bond acceptors (Lipinski definition) is 7. The minimum Gasteiger partial charge on any atom is -0.379 e. The number of hydrogen-bond donors (Lipinski definition) is 1. The minimum absolute atomic E-state index is 0.314. The predicted octanol–water partition coefficient (Wildman–Crippen LogP) is 1.86. The van der Waals surface area contributed by atoms with Gasteiger partial charge in [0.05, 0.1) is 35.6 Å². The highest BCUT2D eigenvalue weighted by Crippen LogP contribution is 2.25. The summed E-state index contributed by atoms with van der Waals surface area (Å²) in [5.41, 5.74) is 1.86. The van der Waals surface area contributed by atoms with Gasteiger partial charge in [-0.1, -0.05) is 5.21 Å². The van der Waals surface area contributed by atoms with Crippen LogP contribution in [0.2, 0.25) is 0 Å². The molecule has 7 nitrogen and oxygen atoms in total. The van der Waals surface area contributed by atoms with E-state index in [4.69, 9.17) is 4.74 Å². The van der Waals surface area contributed by atoms with Gasteiger partial charge in [-0.05, 0) is 17.9 Å². The van der Waals surface area contributed by atoms with Gasteiger partial charge in [0.25, 0.3) is 0 Å². The summed E-state index contributed by atoms with van der Waals surface area (Å²) in [5.74, 6) is 0.841. The molecule has 108 valence electrons. The highest BCUT2D eigenvalue weighted by molar-refractivity contribution is 7.17. The molecule has 1 aliphatic rings. The number of nitrogens with zero attached hydrogens (tertiary/aromatic N) is 5. The van der Waals surface area contributed by atoms with Crippen LogP contribution in [-0.4, -0.2) is 38.2 Å². The lowest BCUT2D eigenvalue weighted by molar-refractivity contribution is 0.184. The Bertz CT molecular complexity index is 748. The Balaban J connectivity index is 1.48. The molecule has 3 aromatic heterocycles. The molecule has 0 bridgehead atoms. The molecule has 0 radical (unpaired) electrons. The highest BCUT2D eigenvalue weighted by atomic mass is 32.1. The van der Waals surface area contributed by atoms with Crippen LogP contribution in [0.5, 0.6) is 0 Å². The zero-order chi connectivity index (χ0) is 14.1. The van der Waals surface area contributed by atoms with E-state index in [9.17, 15) is 0 Å². The molecule has 0 spiro atoms. The summed E-state index contributed by atoms with van der Waals surface area (Å²) in [6, 6.07) is 2.30. The molecule has 8 heteroatoms. The van der Waals surface area contributed by atoms with Gasteiger partial charge in [-0.25, -0.2) is 14.6 Å². The van der Waals surface area contributed by atoms with Gasteiger partial charge in [-0.2, -0.15) is 0 Å². The van der Waals surface area contributed by atoms with E-state index in [0.29, 0.717) is 12.6 Å². The lowest BCUT2D eigenvalue weighted by atomic mass is 10.3. The van der Waals surface area contributed by atoms with E-state index in [0.717, 1.165) is 41.4 Å². The molecule has 4 heterocycles. The van der Waals surface area contributed by atoms with Crippen molar-refractivity contribution in [2.45, 2.75) is 19.0 Å². The van der Waals surface area contributed by atoms with Crippen LogP contribution < -0.4 is 5.32 Å². The first-order valence-corrected chi connectivity index (χ1v) is 7.68. The molecule has 3 aromatic rings. The monoisotopic (exact) mass is 302 g/mol. The van der Waals surface area contributed by atoms with Gasteiger partial charge in [0.15, 0.2) is 0 Å². The fraction of sp³-hybridized carbons (Fsp3) is 0.385. The third-order valence-electron chi connectivity index (χ3n) is 3.52. The number of thiophene rings is 1. The standard InChI is InChI=1S/C13H14N6OS/c1-3-20-7-10(1)19-6-9(17-18-19)5-14-13-12-11(2-4-21-12)15-8-16-13/h2,4,6,8,10H,1,3,5,7H2,(H,14,15,16). The number of rotatable bonds is 4. The van der Waals surface area contributed by atoms with E-state index < -0.39 is 0 Å². The Labute approximate surface area is 125 Å². The second kappa shape index (κ2) is 5.38. The lowest BCUT2D eigenvalue weighted by Gasteiger charge is -2.05. The van der Waals surface area contributed by atoms with Gasteiger partial charge in [-0.3, -0.25) is 0 Å². The normalized spacial score (nSPS) is 18.4. The average Bonchev–Trinajstić information content (AvgIpc) is 3.23. The summed E-state index contributed by atoms with van der Waals surface area (Å²) in [7, 11) is 0. The van der Waals surface area contributed by atoms with Gasteiger partial charge in [0, 0.05) is 6.61 Å². The first-order chi connectivity index (χ1) is 10.4. The summed E-state index contributed by atoms with van der Waals surface area (Å²) in [5, 5.41) is 13.7. The first-order valence-electron chi connectivity index (χ1n) is 6.81. The highest BCUT2D eigenvalue weighted by Gasteiger charge is 2.18. The maximum Gasteiger partial charge on any atom is 0.147 e. The number of fused-ring (bicyclic) bond motifs is 1. The van der Waals surface area contributed by atoms with E-state index in [2.05, 4.69) is 25.6 Å². The molecule has 4 rings (SSSR count). The maximum absolute atomic E-state index is 5.37. The lowest BCUT2D eigenvalue weighted by Crippen LogP contribution is -2.09. The second-order valence-electron chi connectivity index (χ2n) is 4.92. The fourth-order valence-corrected chi connectivity index (χ4v) is 3.20. The SMILES string of the molecule is c1nc(NCc2cn(C3CCOC3)nn2)c2sccc2n1. The second-order valence-corrected chi connectivity index (χ2v) is 5.83. The van der Waals surface area contributed by atoms with Gasteiger partial charge < -0.3 is 10.1 Å². The molecule has 1 fully saturated rings. The van der Waals surface area contributed by atoms with Crippen LogP contribution in [0.15, 0.2) is 24.0 Å². The number of anilines is 1. The summed E-state index contributed by atoms with van der Waals surface area (Å²) >= 11 is 1.63. The summed E-state index contributed by atoms with van der Waals surface area (Å²) in [6.07, 6.45) is 4.54. The average molecular weight is 302 g/mol. The van der Waals surface area contributed by atoms with Crippen molar-refractivity contribution < 1.29 is 4.74 Å². The third-order valence-corrected chi connectivity index (χ3v) is 4.43. The van der Waals surface area contributed by atoms with Crippen molar-refractivity contribution in [1.82, 2.24) is 25.0 Å². The largest absolute Gasteiger partial charge is 0.379 e. The molecule has 1 unspecified atom stereocenters. The van der Waals surface area contributed by atoms with Gasteiger partial charge in [0.2, 0.25) is 0 Å². The summed E-state index contributed by atoms with van der Waals surface area (Å²) in [6.45, 7) is 2.12. The molecule has 1 aliphatic heterocycles. The zero-order valence-corrected chi connectivity index (χ0v) is 12.1. The quantitative estimate of drug-likeness (QED) is 0.792. The third kappa shape index (κ3) is 2.47. The molecule has 21 heavy (non-hydrogen) atoms. The van der Waals surface area contributed by atoms with Crippen LogP contribution in [0, 0.1) is 0 Å². The number of aromatic nitrogens is 5. The maximum atomic E-state index is 5.37. The Kier molecular flexibility index (Phi) is 3.24. The van der Waals surface area contributed by atoms with Crippen LogP contribution in [-0.2, 0) is 11.3 Å². The van der Waals surface area contributed by atoms with E-state index in [1.165, 1.54) is 0 Å². The molecular formula is C13H14N6OS. The van der Waals surface area contributed by atoms with Gasteiger partial charge >= 0.3 is 0 Å². The molecule has 0 amide bonds. The molecule has 0 aromatic carbocycles. The fourth-order valence-electron chi connectivity index (χ4n) is 2.39. The van der Waals surface area contributed by atoms with Crippen molar-refractivity contribution in [3.63, 3.8) is 0 Å². The topological polar surface area (TPSA) is 77.8 Å². The molecule has 1 saturated heterocycles. The van der Waals surface area contributed by atoms with Crippen LogP contribution in [0.4, 0.5) is 5.82 Å². The van der Waals surface area contributed by atoms with Crippen LogP contribution in [0.25, 0.3) is 10.2 Å². The first kappa shape index (κ1) is 12.7. The smallest absolute Gasteiger partial charge is 0.147 e. The molecule has 1 atom stereocenters. The summed E-state index contributed by atoms with van der Waals surface area (Å²) in [4.78, 5) is 8.52. The van der Waals surface area contributed by atoms with Crippen molar-refractivity contribution in [1.29, 1.82) is 0 Å². The molecule has 1 N–H and O–H groups in total. The van der Waals surface area contributed by atoms with Crippen molar-refractivity contribution in [3.05, 3.63) is 29.7 Å². The minimum atomic E-state index is 0.314. The Morgan fingerprint density at radius 2 is 2.43 bits per heavy atom. The van der Waals surface area contributed by atoms with Crippen LogP contribution in [0.1, 0.15) is 18.2 Å². The molecular weight excluding hydrogens is 288 g/mol. The van der Waals surface area contributed by atoms with Crippen LogP contribution in [0.3, 0.4) is 0 Å². The van der Waals surface area contributed by atoms with E-state index in [1.54, 1.807) is 17.7 Å². The Hall–Kier alpha value is -2.06. The van der Waals surface area contributed by atoms with Gasteiger partial charge in [0.1, 0.15) is 17.8 Å². The summed E-state index contributed by atoms with van der Waals surface area (Å²) < 4.78 is 8.33. The molecule has 0 aliphatic carbocycles. The van der Waals surface area contributed by atoms with Crippen molar-refractivity contribution in [2.24, 2.45) is 0 Å². The van der Waals surface area contributed by atoms with E-state index in [-0.39, 0.29) is 0 Å². The predicted molar refractivity (Wildman–Crippen MR) is 79.2 cm³/mol. The molecule has 0 saturated carbocycles. The zero-order valence-electron chi connectivity index (χ0n) is 11.3. The van der Waals surface area contributed by atoms with Crippen LogP contribution >= 0.6 is 11.3 Å². The number of ether oxygens (including phenoxy) is 1. The Morgan fingerprint density at radius 1 is 1.43 bits per heavy atom. The van der Waals surface area contributed by atoms with Crippen molar-refractivity contribution >= 4 is 27.4 Å².